The van der Waals surface area contributed by atoms with Gasteiger partial charge in [-0.1, -0.05) is 0 Å². The highest BCUT2D eigenvalue weighted by Gasteiger charge is 2.41. The smallest absolute Gasteiger partial charge is 0.341 e. The molecule has 1 aromatic rings. The second-order valence-electron chi connectivity index (χ2n) is 5.42. The fraction of sp³-hybridized carbons (Fsp3) is 0.533. The Morgan fingerprint density at radius 2 is 2.05 bits per heavy atom. The van der Waals surface area contributed by atoms with E-state index in [-0.39, 0.29) is 41.7 Å². The molecule has 2 atom stereocenters. The maximum Gasteiger partial charge on any atom is 0.341 e. The molecule has 2 aliphatic heterocycles. The van der Waals surface area contributed by atoms with E-state index in [0.717, 1.165) is 12.8 Å². The minimum Gasteiger partial charge on any atom is -0.477 e. The summed E-state index contributed by atoms with van der Waals surface area (Å²) in [6.07, 6.45) is 1.86. The van der Waals surface area contributed by atoms with E-state index in [2.05, 4.69) is 4.98 Å². The monoisotopic (exact) mass is 306 g/mol. The number of carboxylic acid groups (broad SMARTS) is 1. The Kier molecular flexibility index (Phi) is 3.98. The first-order valence-electron chi connectivity index (χ1n) is 7.39. The molecule has 0 radical (unpaired) electrons. The Morgan fingerprint density at radius 1 is 1.36 bits per heavy atom. The molecule has 0 aliphatic carbocycles. The minimum atomic E-state index is -1.12. The number of carbonyl (C=O) groups is 2. The molecule has 22 heavy (non-hydrogen) atoms. The molecule has 2 saturated heterocycles. The summed E-state index contributed by atoms with van der Waals surface area (Å²) in [6, 6.07) is 2.99. The number of carboxylic acids is 1. The molecule has 1 N–H and O–H groups in total. The van der Waals surface area contributed by atoms with Crippen LogP contribution in [0, 0.1) is 0 Å². The first-order valence-corrected chi connectivity index (χ1v) is 7.39. The van der Waals surface area contributed by atoms with Gasteiger partial charge >= 0.3 is 5.97 Å². The summed E-state index contributed by atoms with van der Waals surface area (Å²) in [4.78, 5) is 29.8. The Labute approximate surface area is 127 Å². The summed E-state index contributed by atoms with van der Waals surface area (Å²) < 4.78 is 10.7. The zero-order chi connectivity index (χ0) is 15.7. The summed E-state index contributed by atoms with van der Waals surface area (Å²) in [5.74, 6) is -1.32. The summed E-state index contributed by atoms with van der Waals surface area (Å²) in [5.41, 5.74) is 0.176. The molecule has 2 fully saturated rings. The molecule has 3 rings (SSSR count). The third kappa shape index (κ3) is 2.52. The van der Waals surface area contributed by atoms with Gasteiger partial charge in [0, 0.05) is 0 Å². The minimum absolute atomic E-state index is 0.0125. The van der Waals surface area contributed by atoms with Crippen LogP contribution in [0.25, 0.3) is 0 Å². The molecule has 0 spiro atoms. The van der Waals surface area contributed by atoms with Crippen molar-refractivity contribution < 1.29 is 24.2 Å². The highest BCUT2D eigenvalue weighted by atomic mass is 16.5. The van der Waals surface area contributed by atoms with E-state index < -0.39 is 5.97 Å². The molecule has 3 heterocycles. The van der Waals surface area contributed by atoms with Gasteiger partial charge in [-0.25, -0.2) is 9.78 Å². The lowest BCUT2D eigenvalue weighted by atomic mass is 10.2. The summed E-state index contributed by atoms with van der Waals surface area (Å²) in [5, 5.41) is 9.13. The Hall–Kier alpha value is -2.15. The average Bonchev–Trinajstić information content (AvgIpc) is 2.75. The topological polar surface area (TPSA) is 89.0 Å². The highest BCUT2D eigenvalue weighted by molar-refractivity contribution is 5.95. The van der Waals surface area contributed by atoms with Crippen LogP contribution in [0.15, 0.2) is 12.1 Å². The van der Waals surface area contributed by atoms with E-state index in [0.29, 0.717) is 13.2 Å². The fourth-order valence-corrected chi connectivity index (χ4v) is 3.06. The van der Waals surface area contributed by atoms with E-state index in [1.165, 1.54) is 12.1 Å². The van der Waals surface area contributed by atoms with Crippen LogP contribution in [0.3, 0.4) is 0 Å². The third-order valence-electron chi connectivity index (χ3n) is 4.07. The van der Waals surface area contributed by atoms with Crippen molar-refractivity contribution in [1.82, 2.24) is 9.88 Å². The summed E-state index contributed by atoms with van der Waals surface area (Å²) in [6.45, 7) is 3.12. The van der Waals surface area contributed by atoms with Gasteiger partial charge < -0.3 is 19.5 Å². The number of aromatic nitrogens is 1. The van der Waals surface area contributed by atoms with Gasteiger partial charge in [-0.2, -0.15) is 0 Å². The molecular weight excluding hydrogens is 288 g/mol. The largest absolute Gasteiger partial charge is 0.477 e. The zero-order valence-corrected chi connectivity index (χ0v) is 12.3. The van der Waals surface area contributed by atoms with E-state index in [9.17, 15) is 9.59 Å². The van der Waals surface area contributed by atoms with Gasteiger partial charge in [-0.05, 0) is 31.9 Å². The number of fused-ring (bicyclic) bond motifs is 2. The van der Waals surface area contributed by atoms with Gasteiger partial charge in [0.25, 0.3) is 5.91 Å². The number of rotatable bonds is 4. The van der Waals surface area contributed by atoms with E-state index in [1.807, 2.05) is 4.90 Å². The van der Waals surface area contributed by atoms with Crippen molar-refractivity contribution >= 4 is 11.9 Å². The third-order valence-corrected chi connectivity index (χ3v) is 4.07. The number of hydrogen-bond acceptors (Lipinski definition) is 5. The van der Waals surface area contributed by atoms with Crippen molar-refractivity contribution in [3.63, 3.8) is 0 Å². The lowest BCUT2D eigenvalue weighted by Gasteiger charge is -2.34. The van der Waals surface area contributed by atoms with Crippen molar-refractivity contribution in [1.29, 1.82) is 0 Å². The Bertz CT molecular complexity index is 588. The number of aromatic carboxylic acids is 1. The van der Waals surface area contributed by atoms with Gasteiger partial charge in [0.05, 0.1) is 31.9 Å². The number of ether oxygens (including phenoxy) is 2. The van der Waals surface area contributed by atoms with Crippen LogP contribution in [-0.4, -0.2) is 58.8 Å². The molecule has 7 nitrogen and oxygen atoms in total. The SMILES string of the molecule is CCOc1nc(C(=O)N2C3CC[C@@H]2COC3)ccc1C(=O)O. The molecular formula is C15H18N2O5. The maximum atomic E-state index is 12.7. The number of hydrogen-bond donors (Lipinski definition) is 1. The molecule has 1 aromatic heterocycles. The number of carbonyl (C=O) groups excluding carboxylic acids is 1. The van der Waals surface area contributed by atoms with Crippen molar-refractivity contribution in [3.05, 3.63) is 23.4 Å². The summed E-state index contributed by atoms with van der Waals surface area (Å²) in [7, 11) is 0. The van der Waals surface area contributed by atoms with E-state index >= 15 is 0 Å². The number of amides is 1. The molecule has 1 amide bonds. The van der Waals surface area contributed by atoms with Crippen LogP contribution in [0.1, 0.15) is 40.6 Å². The van der Waals surface area contributed by atoms with Crippen LogP contribution >= 0.6 is 0 Å². The van der Waals surface area contributed by atoms with Crippen molar-refractivity contribution in [2.75, 3.05) is 19.8 Å². The molecule has 118 valence electrons. The van der Waals surface area contributed by atoms with Crippen molar-refractivity contribution in [2.45, 2.75) is 31.8 Å². The normalized spacial score (nSPS) is 23.4. The van der Waals surface area contributed by atoms with Crippen molar-refractivity contribution in [3.8, 4) is 5.88 Å². The van der Waals surface area contributed by atoms with Gasteiger partial charge in [0.1, 0.15) is 11.3 Å². The van der Waals surface area contributed by atoms with Gasteiger partial charge in [0.15, 0.2) is 0 Å². The molecule has 0 saturated carbocycles. The maximum absolute atomic E-state index is 12.7. The first-order chi connectivity index (χ1) is 10.6. The summed E-state index contributed by atoms with van der Waals surface area (Å²) >= 11 is 0. The molecule has 2 aliphatic rings. The van der Waals surface area contributed by atoms with Gasteiger partial charge in [-0.3, -0.25) is 4.79 Å². The average molecular weight is 306 g/mol. The Balaban J connectivity index is 1.89. The van der Waals surface area contributed by atoms with E-state index in [4.69, 9.17) is 14.6 Å². The van der Waals surface area contributed by atoms with Crippen molar-refractivity contribution in [2.24, 2.45) is 0 Å². The number of morpholine rings is 1. The second kappa shape index (κ2) is 5.92. The standard InChI is InChI=1S/C15H18N2O5/c1-2-22-13-11(15(19)20)5-6-12(16-13)14(18)17-9-3-4-10(17)8-21-7-9/h5-6,9-10H,2-4,7-8H2,1H3,(H,19,20)/t9-,10?/m1/s1. The second-order valence-corrected chi connectivity index (χ2v) is 5.42. The van der Waals surface area contributed by atoms with Crippen LogP contribution in [0.5, 0.6) is 5.88 Å². The zero-order valence-electron chi connectivity index (χ0n) is 12.3. The van der Waals surface area contributed by atoms with Crippen LogP contribution in [-0.2, 0) is 4.74 Å². The van der Waals surface area contributed by atoms with Gasteiger partial charge in [-0.15, -0.1) is 0 Å². The molecule has 1 unspecified atom stereocenters. The Morgan fingerprint density at radius 3 is 2.64 bits per heavy atom. The molecule has 0 aromatic carbocycles. The van der Waals surface area contributed by atoms with Crippen LogP contribution in [0.2, 0.25) is 0 Å². The molecule has 2 bridgehead atoms. The van der Waals surface area contributed by atoms with Crippen LogP contribution < -0.4 is 4.74 Å². The lowest BCUT2D eigenvalue weighted by Crippen LogP contribution is -2.49. The van der Waals surface area contributed by atoms with E-state index in [1.54, 1.807) is 6.92 Å². The van der Waals surface area contributed by atoms with Crippen LogP contribution in [0.4, 0.5) is 0 Å². The highest BCUT2D eigenvalue weighted by Crippen LogP contribution is 2.30. The number of nitrogens with zero attached hydrogens (tertiary/aromatic N) is 2. The molecule has 7 heteroatoms. The number of pyridine rings is 1. The predicted molar refractivity (Wildman–Crippen MR) is 76.2 cm³/mol. The first kappa shape index (κ1) is 14.8. The fourth-order valence-electron chi connectivity index (χ4n) is 3.06. The quantitative estimate of drug-likeness (QED) is 0.898. The predicted octanol–water partition coefficient (Wildman–Crippen LogP) is 1.18. The lowest BCUT2D eigenvalue weighted by molar-refractivity contribution is -0.00751. The van der Waals surface area contributed by atoms with Gasteiger partial charge in [0.2, 0.25) is 5.88 Å².